The molecule has 6 rings (SSSR count). The molecule has 0 bridgehead atoms. The van der Waals surface area contributed by atoms with Crippen LogP contribution in [0.15, 0.2) is 158 Å². The highest BCUT2D eigenvalue weighted by Crippen LogP contribution is 2.34. The molecular formula is C40H32. The number of aryl methyl sites for hydroxylation is 1. The minimum Gasteiger partial charge on any atom is -0.0622 e. The predicted molar refractivity (Wildman–Crippen MR) is 172 cm³/mol. The Balaban J connectivity index is 1.26. The molecule has 0 aliphatic rings. The molecule has 0 N–H and O–H groups in total. The fourth-order valence-corrected chi connectivity index (χ4v) is 5.32. The lowest BCUT2D eigenvalue weighted by molar-refractivity contribution is 1.47. The number of hydrogen-bond donors (Lipinski definition) is 0. The van der Waals surface area contributed by atoms with Crippen molar-refractivity contribution in [1.82, 2.24) is 0 Å². The van der Waals surface area contributed by atoms with Gasteiger partial charge in [-0.05, 0) is 75.1 Å². The highest BCUT2D eigenvalue weighted by atomic mass is 14.2. The van der Waals surface area contributed by atoms with Gasteiger partial charge in [0.2, 0.25) is 0 Å². The second-order valence-electron chi connectivity index (χ2n) is 10.3. The molecule has 0 saturated heterocycles. The molecule has 6 aromatic carbocycles. The second kappa shape index (κ2) is 11.4. The topological polar surface area (TPSA) is 0 Å². The first-order valence-corrected chi connectivity index (χ1v) is 13.9. The fraction of sp³-hybridized carbons (Fsp3) is 0.0500. The maximum absolute atomic E-state index is 2.25. The van der Waals surface area contributed by atoms with Gasteiger partial charge in [0.15, 0.2) is 0 Å². The van der Waals surface area contributed by atoms with E-state index in [1.807, 2.05) is 0 Å². The monoisotopic (exact) mass is 512 g/mol. The first kappa shape index (κ1) is 25.3. The van der Waals surface area contributed by atoms with Crippen LogP contribution in [-0.4, -0.2) is 0 Å². The maximum Gasteiger partial charge on any atom is -0.00762 e. The summed E-state index contributed by atoms with van der Waals surface area (Å²) in [6, 6.07) is 56.8. The van der Waals surface area contributed by atoms with Crippen LogP contribution in [0.2, 0.25) is 0 Å². The van der Waals surface area contributed by atoms with Crippen LogP contribution >= 0.6 is 0 Å². The lowest BCUT2D eigenvalue weighted by atomic mass is 9.89. The van der Waals surface area contributed by atoms with Crippen molar-refractivity contribution in [1.29, 1.82) is 0 Å². The van der Waals surface area contributed by atoms with Crippen LogP contribution in [0.1, 0.15) is 29.2 Å². The average molecular weight is 513 g/mol. The average Bonchev–Trinajstić information content (AvgIpc) is 3.03. The van der Waals surface area contributed by atoms with Crippen molar-refractivity contribution in [3.05, 3.63) is 180 Å². The van der Waals surface area contributed by atoms with Crippen molar-refractivity contribution in [2.45, 2.75) is 13.8 Å². The summed E-state index contributed by atoms with van der Waals surface area (Å²) in [7, 11) is 0. The minimum absolute atomic E-state index is 1.22. The van der Waals surface area contributed by atoms with Gasteiger partial charge >= 0.3 is 0 Å². The van der Waals surface area contributed by atoms with E-state index in [1.54, 1.807) is 0 Å². The Morgan fingerprint density at radius 1 is 0.325 bits per heavy atom. The van der Waals surface area contributed by atoms with Crippen LogP contribution in [-0.2, 0) is 0 Å². The third-order valence-corrected chi connectivity index (χ3v) is 7.64. The van der Waals surface area contributed by atoms with E-state index in [-0.39, 0.29) is 0 Å². The number of rotatable bonds is 6. The molecular weight excluding hydrogens is 480 g/mol. The smallest absolute Gasteiger partial charge is 0.00762 e. The van der Waals surface area contributed by atoms with E-state index >= 15 is 0 Å². The van der Waals surface area contributed by atoms with E-state index in [4.69, 9.17) is 0 Å². The molecule has 0 heterocycles. The number of allylic oxidation sites excluding steroid dienone is 1. The van der Waals surface area contributed by atoms with Gasteiger partial charge in [0.25, 0.3) is 0 Å². The van der Waals surface area contributed by atoms with Gasteiger partial charge in [-0.2, -0.15) is 0 Å². The molecule has 0 aromatic heterocycles. The first-order valence-electron chi connectivity index (χ1n) is 13.9. The normalized spacial score (nSPS) is 11.7. The van der Waals surface area contributed by atoms with Crippen molar-refractivity contribution < 1.29 is 0 Å². The van der Waals surface area contributed by atoms with Crippen LogP contribution in [0.4, 0.5) is 0 Å². The number of benzene rings is 6. The van der Waals surface area contributed by atoms with Gasteiger partial charge < -0.3 is 0 Å². The first-order chi connectivity index (χ1) is 19.7. The zero-order valence-corrected chi connectivity index (χ0v) is 23.0. The summed E-state index contributed by atoms with van der Waals surface area (Å²) in [5.41, 5.74) is 14.9. The van der Waals surface area contributed by atoms with E-state index in [1.165, 1.54) is 66.8 Å². The maximum atomic E-state index is 2.25. The summed E-state index contributed by atoms with van der Waals surface area (Å²) in [6.07, 6.45) is 0. The van der Waals surface area contributed by atoms with Crippen molar-refractivity contribution in [3.63, 3.8) is 0 Å². The SMILES string of the molecule is C/C(=C(\c1ccccc1)c1ccc(-c2ccc(-c3ccc(-c4ccc(C)cc4)cc3)cc2)cc1)c1ccccc1. The summed E-state index contributed by atoms with van der Waals surface area (Å²) in [5.74, 6) is 0. The molecule has 0 amide bonds. The molecule has 0 atom stereocenters. The lowest BCUT2D eigenvalue weighted by Crippen LogP contribution is -1.93. The van der Waals surface area contributed by atoms with Gasteiger partial charge in [-0.15, -0.1) is 0 Å². The molecule has 0 heteroatoms. The highest BCUT2D eigenvalue weighted by molar-refractivity contribution is 5.98. The molecule has 0 spiro atoms. The van der Waals surface area contributed by atoms with Crippen LogP contribution in [0.3, 0.4) is 0 Å². The quantitative estimate of drug-likeness (QED) is 0.195. The van der Waals surface area contributed by atoms with Gasteiger partial charge in [0.1, 0.15) is 0 Å². The van der Waals surface area contributed by atoms with Gasteiger partial charge in [-0.25, -0.2) is 0 Å². The van der Waals surface area contributed by atoms with E-state index in [0.29, 0.717) is 0 Å². The third-order valence-electron chi connectivity index (χ3n) is 7.64. The summed E-state index contributed by atoms with van der Waals surface area (Å²) < 4.78 is 0. The molecule has 0 aliphatic heterocycles. The summed E-state index contributed by atoms with van der Waals surface area (Å²) in [4.78, 5) is 0. The summed E-state index contributed by atoms with van der Waals surface area (Å²) >= 11 is 0. The van der Waals surface area contributed by atoms with Gasteiger partial charge in [-0.1, -0.05) is 163 Å². The summed E-state index contributed by atoms with van der Waals surface area (Å²) in [5, 5.41) is 0. The number of hydrogen-bond acceptors (Lipinski definition) is 0. The molecule has 0 saturated carbocycles. The molecule has 192 valence electrons. The predicted octanol–water partition coefficient (Wildman–Crippen LogP) is 11.0. The van der Waals surface area contributed by atoms with Gasteiger partial charge in [0.05, 0.1) is 0 Å². The van der Waals surface area contributed by atoms with E-state index < -0.39 is 0 Å². The van der Waals surface area contributed by atoms with Crippen LogP contribution < -0.4 is 0 Å². The molecule has 6 aromatic rings. The second-order valence-corrected chi connectivity index (χ2v) is 10.3. The molecule has 40 heavy (non-hydrogen) atoms. The largest absolute Gasteiger partial charge is 0.0622 e. The van der Waals surface area contributed by atoms with Crippen LogP contribution in [0, 0.1) is 6.92 Å². The molecule has 0 aliphatic carbocycles. The lowest BCUT2D eigenvalue weighted by Gasteiger charge is -2.15. The van der Waals surface area contributed by atoms with Gasteiger partial charge in [-0.3, -0.25) is 0 Å². The zero-order chi connectivity index (χ0) is 27.3. The van der Waals surface area contributed by atoms with Crippen molar-refractivity contribution >= 4 is 11.1 Å². The Morgan fingerprint density at radius 3 is 1.02 bits per heavy atom. The fourth-order valence-electron chi connectivity index (χ4n) is 5.32. The standard InChI is InChI=1S/C40H32/c1-29-13-15-32(16-14-29)33-17-19-34(20-18-33)35-21-23-36(24-22-35)37-25-27-39(28-26-37)40(38-11-7-4-8-12-38)30(2)31-9-5-3-6-10-31/h3-28H,1-2H3/b40-30-. The van der Waals surface area contributed by atoms with E-state index in [0.717, 1.165) is 0 Å². The molecule has 0 nitrogen and oxygen atoms in total. The molecule has 0 radical (unpaired) electrons. The summed E-state index contributed by atoms with van der Waals surface area (Å²) in [6.45, 7) is 4.34. The molecule has 0 unspecified atom stereocenters. The Morgan fingerprint density at radius 2 is 0.625 bits per heavy atom. The highest BCUT2D eigenvalue weighted by Gasteiger charge is 2.11. The third kappa shape index (κ3) is 5.44. The Kier molecular flexibility index (Phi) is 7.24. The Labute approximate surface area is 237 Å². The van der Waals surface area contributed by atoms with Crippen LogP contribution in [0.25, 0.3) is 44.5 Å². The Bertz CT molecular complexity index is 1720. The van der Waals surface area contributed by atoms with Gasteiger partial charge in [0, 0.05) is 0 Å². The van der Waals surface area contributed by atoms with E-state index in [2.05, 4.69) is 172 Å². The molecule has 0 fully saturated rings. The Hall–Kier alpha value is -4.94. The van der Waals surface area contributed by atoms with Crippen molar-refractivity contribution in [2.24, 2.45) is 0 Å². The van der Waals surface area contributed by atoms with E-state index in [9.17, 15) is 0 Å². The van der Waals surface area contributed by atoms with Crippen molar-refractivity contribution in [3.8, 4) is 33.4 Å². The van der Waals surface area contributed by atoms with Crippen LogP contribution in [0.5, 0.6) is 0 Å². The zero-order valence-electron chi connectivity index (χ0n) is 23.0. The van der Waals surface area contributed by atoms with Crippen molar-refractivity contribution in [2.75, 3.05) is 0 Å². The minimum atomic E-state index is 1.22.